The number of halogens is 3. The van der Waals surface area contributed by atoms with Gasteiger partial charge in [0.05, 0.1) is 6.54 Å². The molecule has 0 saturated carbocycles. The number of hydrogen-bond donors (Lipinski definition) is 0. The Kier molecular flexibility index (Phi) is 4.99. The van der Waals surface area contributed by atoms with Crippen molar-refractivity contribution in [2.45, 2.75) is 38.5 Å². The molecule has 0 spiro atoms. The van der Waals surface area contributed by atoms with E-state index in [0.29, 0.717) is 19.0 Å². The van der Waals surface area contributed by atoms with Crippen molar-refractivity contribution >= 4 is 6.03 Å². The molecule has 1 aromatic carbocycles. The standard InChI is InChI=1S/C19H22F3N5O/c20-19(21,22)17-24-23-16-13-26(9-10-27(16)17)18(28)25-8-4-7-15(12-25)11-14-5-2-1-3-6-14/h1-3,5-6,15H,4,7-13H2. The van der Waals surface area contributed by atoms with Gasteiger partial charge in [-0.25, -0.2) is 4.79 Å². The van der Waals surface area contributed by atoms with E-state index in [1.807, 2.05) is 23.1 Å². The molecule has 1 unspecified atom stereocenters. The average molecular weight is 393 g/mol. The molecule has 6 nitrogen and oxygen atoms in total. The number of benzene rings is 1. The molecule has 1 atom stereocenters. The summed E-state index contributed by atoms with van der Waals surface area (Å²) in [4.78, 5) is 16.3. The number of alkyl halides is 3. The Hall–Kier alpha value is -2.58. The van der Waals surface area contributed by atoms with E-state index in [2.05, 4.69) is 22.3 Å². The Balaban J connectivity index is 1.40. The topological polar surface area (TPSA) is 54.3 Å². The minimum atomic E-state index is -4.53. The van der Waals surface area contributed by atoms with Gasteiger partial charge in [0.15, 0.2) is 5.82 Å². The highest BCUT2D eigenvalue weighted by Crippen LogP contribution is 2.30. The molecule has 1 fully saturated rings. The number of likely N-dealkylation sites (tertiary alicyclic amines) is 1. The second-order valence-electron chi connectivity index (χ2n) is 7.44. The van der Waals surface area contributed by atoms with Crippen LogP contribution in [0.3, 0.4) is 0 Å². The van der Waals surface area contributed by atoms with Crippen molar-refractivity contribution in [2.24, 2.45) is 5.92 Å². The van der Waals surface area contributed by atoms with Gasteiger partial charge >= 0.3 is 12.2 Å². The van der Waals surface area contributed by atoms with Gasteiger partial charge in [-0.3, -0.25) is 0 Å². The van der Waals surface area contributed by atoms with Gasteiger partial charge in [0.2, 0.25) is 5.82 Å². The smallest absolute Gasteiger partial charge is 0.324 e. The van der Waals surface area contributed by atoms with E-state index < -0.39 is 12.0 Å². The van der Waals surface area contributed by atoms with Crippen LogP contribution in [-0.2, 0) is 25.7 Å². The van der Waals surface area contributed by atoms with Gasteiger partial charge in [0, 0.05) is 26.2 Å². The summed E-state index contributed by atoms with van der Waals surface area (Å²) in [5.74, 6) is -0.411. The maximum atomic E-state index is 13.0. The van der Waals surface area contributed by atoms with E-state index in [1.54, 1.807) is 4.90 Å². The van der Waals surface area contributed by atoms with E-state index in [-0.39, 0.29) is 31.5 Å². The van der Waals surface area contributed by atoms with E-state index in [4.69, 9.17) is 0 Å². The third-order valence-corrected chi connectivity index (χ3v) is 5.43. The van der Waals surface area contributed by atoms with Crippen LogP contribution in [0.4, 0.5) is 18.0 Å². The van der Waals surface area contributed by atoms with Crippen LogP contribution in [0.5, 0.6) is 0 Å². The van der Waals surface area contributed by atoms with Gasteiger partial charge in [-0.2, -0.15) is 13.2 Å². The SMILES string of the molecule is O=C(N1CCn2c(nnc2C(F)(F)F)C1)N1CCCC(Cc2ccccc2)C1. The zero-order chi connectivity index (χ0) is 19.7. The summed E-state index contributed by atoms with van der Waals surface area (Å²) in [6.45, 7) is 1.70. The maximum absolute atomic E-state index is 13.0. The van der Waals surface area contributed by atoms with Crippen LogP contribution in [0.15, 0.2) is 30.3 Å². The van der Waals surface area contributed by atoms with Crippen LogP contribution in [0, 0.1) is 5.92 Å². The third-order valence-electron chi connectivity index (χ3n) is 5.43. The van der Waals surface area contributed by atoms with Crippen LogP contribution >= 0.6 is 0 Å². The third kappa shape index (κ3) is 3.83. The van der Waals surface area contributed by atoms with Gasteiger partial charge in [-0.1, -0.05) is 30.3 Å². The Morgan fingerprint density at radius 3 is 2.61 bits per heavy atom. The normalized spacial score (nSPS) is 20.2. The van der Waals surface area contributed by atoms with Crippen molar-refractivity contribution in [3.63, 3.8) is 0 Å². The zero-order valence-corrected chi connectivity index (χ0v) is 15.4. The van der Waals surface area contributed by atoms with E-state index in [9.17, 15) is 18.0 Å². The minimum Gasteiger partial charge on any atom is -0.324 e. The number of carbonyl (C=O) groups is 1. The highest BCUT2D eigenvalue weighted by atomic mass is 19.4. The molecule has 4 rings (SSSR count). The first-order valence-electron chi connectivity index (χ1n) is 9.49. The molecule has 0 bridgehead atoms. The Bertz CT molecular complexity index is 836. The summed E-state index contributed by atoms with van der Waals surface area (Å²) < 4.78 is 40.0. The first-order chi connectivity index (χ1) is 13.4. The molecule has 2 aliphatic heterocycles. The lowest BCUT2D eigenvalue weighted by molar-refractivity contribution is -0.147. The molecule has 1 aromatic heterocycles. The number of urea groups is 1. The summed E-state index contributed by atoms with van der Waals surface area (Å²) >= 11 is 0. The minimum absolute atomic E-state index is 0.0573. The number of hydrogen-bond acceptors (Lipinski definition) is 3. The summed E-state index contributed by atoms with van der Waals surface area (Å²) in [5.41, 5.74) is 1.26. The number of nitrogens with zero attached hydrogens (tertiary/aromatic N) is 5. The monoisotopic (exact) mass is 393 g/mol. The molecular weight excluding hydrogens is 371 g/mol. The largest absolute Gasteiger partial charge is 0.451 e. The number of piperidine rings is 1. The number of amides is 2. The average Bonchev–Trinajstić information content (AvgIpc) is 3.12. The number of fused-ring (bicyclic) bond motifs is 1. The van der Waals surface area contributed by atoms with Crippen LogP contribution in [-0.4, -0.2) is 50.2 Å². The Morgan fingerprint density at radius 2 is 1.86 bits per heavy atom. The lowest BCUT2D eigenvalue weighted by Crippen LogP contribution is -2.50. The molecule has 0 aliphatic carbocycles. The highest BCUT2D eigenvalue weighted by molar-refractivity contribution is 5.74. The predicted molar refractivity (Wildman–Crippen MR) is 95.3 cm³/mol. The fourth-order valence-corrected chi connectivity index (χ4v) is 4.08. The molecule has 28 heavy (non-hydrogen) atoms. The summed E-state index contributed by atoms with van der Waals surface area (Å²) in [5, 5.41) is 6.92. The maximum Gasteiger partial charge on any atom is 0.451 e. The lowest BCUT2D eigenvalue weighted by Gasteiger charge is -2.37. The summed E-state index contributed by atoms with van der Waals surface area (Å²) in [7, 11) is 0. The highest BCUT2D eigenvalue weighted by Gasteiger charge is 2.40. The fourth-order valence-electron chi connectivity index (χ4n) is 4.08. The van der Waals surface area contributed by atoms with Crippen molar-refractivity contribution in [3.05, 3.63) is 47.5 Å². The zero-order valence-electron chi connectivity index (χ0n) is 15.4. The first kappa shape index (κ1) is 18.8. The van der Waals surface area contributed by atoms with E-state index >= 15 is 0 Å². The summed E-state index contributed by atoms with van der Waals surface area (Å²) in [6, 6.07) is 10.1. The second-order valence-corrected chi connectivity index (χ2v) is 7.44. The van der Waals surface area contributed by atoms with Crippen LogP contribution in [0.2, 0.25) is 0 Å². The molecule has 2 amide bonds. The van der Waals surface area contributed by atoms with Gasteiger partial charge in [0.25, 0.3) is 0 Å². The lowest BCUT2D eigenvalue weighted by atomic mass is 9.91. The molecular formula is C19H22F3N5O. The van der Waals surface area contributed by atoms with Gasteiger partial charge < -0.3 is 14.4 Å². The molecule has 0 N–H and O–H groups in total. The van der Waals surface area contributed by atoms with E-state index in [1.165, 1.54) is 5.56 Å². The van der Waals surface area contributed by atoms with Gasteiger partial charge in [-0.15, -0.1) is 10.2 Å². The van der Waals surface area contributed by atoms with Crippen molar-refractivity contribution in [3.8, 4) is 0 Å². The van der Waals surface area contributed by atoms with Crippen LogP contribution in [0.25, 0.3) is 0 Å². The van der Waals surface area contributed by atoms with Crippen molar-refractivity contribution in [1.82, 2.24) is 24.6 Å². The molecule has 2 aromatic rings. The Morgan fingerprint density at radius 1 is 1.07 bits per heavy atom. The molecule has 0 radical (unpaired) electrons. The first-order valence-corrected chi connectivity index (χ1v) is 9.49. The van der Waals surface area contributed by atoms with Crippen LogP contribution < -0.4 is 0 Å². The second kappa shape index (κ2) is 7.44. The number of rotatable bonds is 2. The van der Waals surface area contributed by atoms with Gasteiger partial charge in [-0.05, 0) is 30.7 Å². The van der Waals surface area contributed by atoms with Crippen molar-refractivity contribution in [2.75, 3.05) is 19.6 Å². The predicted octanol–water partition coefficient (Wildman–Crippen LogP) is 3.19. The van der Waals surface area contributed by atoms with Gasteiger partial charge in [0.1, 0.15) is 0 Å². The van der Waals surface area contributed by atoms with Crippen molar-refractivity contribution in [1.29, 1.82) is 0 Å². The molecule has 150 valence electrons. The molecule has 9 heteroatoms. The Labute approximate surface area is 160 Å². The molecule has 2 aliphatic rings. The quantitative estimate of drug-likeness (QED) is 0.788. The summed E-state index contributed by atoms with van der Waals surface area (Å²) in [6.07, 6.45) is -1.60. The number of carbonyl (C=O) groups excluding carboxylic acids is 1. The van der Waals surface area contributed by atoms with E-state index in [0.717, 1.165) is 23.8 Å². The van der Waals surface area contributed by atoms with Crippen LogP contribution in [0.1, 0.15) is 30.1 Å². The fraction of sp³-hybridized carbons (Fsp3) is 0.526. The molecule has 1 saturated heterocycles. The van der Waals surface area contributed by atoms with Crippen molar-refractivity contribution < 1.29 is 18.0 Å². The number of aromatic nitrogens is 3. The molecule has 3 heterocycles.